The SMILES string of the molecule is CCOc1cc(NCC(F)(F)C(F)F)nc(C)n1. The second-order valence-corrected chi connectivity index (χ2v) is 3.49. The van der Waals surface area contributed by atoms with Gasteiger partial charge in [-0.3, -0.25) is 0 Å². The summed E-state index contributed by atoms with van der Waals surface area (Å²) in [5.41, 5.74) is 0. The molecule has 0 bridgehead atoms. The largest absolute Gasteiger partial charge is 0.478 e. The van der Waals surface area contributed by atoms with Gasteiger partial charge in [0, 0.05) is 6.07 Å². The number of aryl methyl sites for hydroxylation is 1. The lowest BCUT2D eigenvalue weighted by Gasteiger charge is -2.16. The molecular formula is C10H13F4N3O. The van der Waals surface area contributed by atoms with E-state index in [1.54, 1.807) is 13.8 Å². The fraction of sp³-hybridized carbons (Fsp3) is 0.600. The molecule has 0 unspecified atom stereocenters. The summed E-state index contributed by atoms with van der Waals surface area (Å²) in [4.78, 5) is 7.69. The maximum absolute atomic E-state index is 12.7. The standard InChI is InChI=1S/C10H13F4N3O/c1-3-18-8-4-7(16-6(2)17-8)15-5-10(13,14)9(11)12/h4,9H,3,5H2,1-2H3,(H,15,16,17). The molecule has 1 aromatic heterocycles. The Bertz CT molecular complexity index is 401. The molecule has 1 aromatic rings. The van der Waals surface area contributed by atoms with Crippen LogP contribution in [0.2, 0.25) is 0 Å². The van der Waals surface area contributed by atoms with Crippen LogP contribution >= 0.6 is 0 Å². The highest BCUT2D eigenvalue weighted by Crippen LogP contribution is 2.23. The predicted octanol–water partition coefficient (Wildman–Crippen LogP) is 2.50. The Morgan fingerprint density at radius 2 is 2.06 bits per heavy atom. The molecule has 1 heterocycles. The topological polar surface area (TPSA) is 47.0 Å². The average molecular weight is 267 g/mol. The summed E-state index contributed by atoms with van der Waals surface area (Å²) in [5.74, 6) is -3.59. The smallest absolute Gasteiger partial charge is 0.324 e. The molecule has 4 nitrogen and oxygen atoms in total. The van der Waals surface area contributed by atoms with E-state index in [2.05, 4.69) is 15.3 Å². The number of rotatable bonds is 6. The van der Waals surface area contributed by atoms with Crippen LogP contribution in [0.4, 0.5) is 23.4 Å². The van der Waals surface area contributed by atoms with Gasteiger partial charge in [-0.25, -0.2) is 13.8 Å². The summed E-state index contributed by atoms with van der Waals surface area (Å²) in [5, 5.41) is 2.14. The highest BCUT2D eigenvalue weighted by Gasteiger charge is 2.40. The van der Waals surface area contributed by atoms with Gasteiger partial charge in [0.15, 0.2) is 0 Å². The summed E-state index contributed by atoms with van der Waals surface area (Å²) < 4.78 is 54.4. The number of nitrogens with one attached hydrogen (secondary N) is 1. The predicted molar refractivity (Wildman–Crippen MR) is 57.4 cm³/mol. The average Bonchev–Trinajstić information content (AvgIpc) is 2.26. The Kier molecular flexibility index (Phi) is 4.69. The molecule has 102 valence electrons. The van der Waals surface area contributed by atoms with Gasteiger partial charge in [0.1, 0.15) is 11.6 Å². The van der Waals surface area contributed by atoms with Gasteiger partial charge in [-0.15, -0.1) is 0 Å². The summed E-state index contributed by atoms with van der Waals surface area (Å²) in [6, 6.07) is 1.28. The Morgan fingerprint density at radius 1 is 1.39 bits per heavy atom. The van der Waals surface area contributed by atoms with E-state index in [1.165, 1.54) is 6.07 Å². The lowest BCUT2D eigenvalue weighted by molar-refractivity contribution is -0.117. The number of hydrogen-bond donors (Lipinski definition) is 1. The van der Waals surface area contributed by atoms with Crippen LogP contribution in [-0.2, 0) is 0 Å². The molecule has 0 saturated heterocycles. The van der Waals surface area contributed by atoms with Crippen molar-refractivity contribution in [1.82, 2.24) is 9.97 Å². The van der Waals surface area contributed by atoms with Gasteiger partial charge in [0.2, 0.25) is 5.88 Å². The molecule has 8 heteroatoms. The second-order valence-electron chi connectivity index (χ2n) is 3.49. The first-order valence-corrected chi connectivity index (χ1v) is 5.23. The van der Waals surface area contributed by atoms with Crippen LogP contribution in [-0.4, -0.2) is 35.5 Å². The van der Waals surface area contributed by atoms with Crippen molar-refractivity contribution in [2.45, 2.75) is 26.2 Å². The molecular weight excluding hydrogens is 254 g/mol. The number of nitrogens with zero attached hydrogens (tertiary/aromatic N) is 2. The Labute approximate surface area is 101 Å². The van der Waals surface area contributed by atoms with E-state index in [1.807, 2.05) is 0 Å². The van der Waals surface area contributed by atoms with E-state index < -0.39 is 18.9 Å². The van der Waals surface area contributed by atoms with Crippen molar-refractivity contribution in [1.29, 1.82) is 0 Å². The van der Waals surface area contributed by atoms with E-state index in [-0.39, 0.29) is 11.7 Å². The molecule has 1 N–H and O–H groups in total. The number of ether oxygens (including phenoxy) is 1. The van der Waals surface area contributed by atoms with Gasteiger partial charge in [0.05, 0.1) is 13.2 Å². The minimum Gasteiger partial charge on any atom is -0.478 e. The Hall–Kier alpha value is -1.60. The lowest BCUT2D eigenvalue weighted by atomic mass is 10.3. The van der Waals surface area contributed by atoms with Gasteiger partial charge in [0.25, 0.3) is 0 Å². The van der Waals surface area contributed by atoms with Gasteiger partial charge < -0.3 is 10.1 Å². The number of hydrogen-bond acceptors (Lipinski definition) is 4. The van der Waals surface area contributed by atoms with Crippen molar-refractivity contribution < 1.29 is 22.3 Å². The van der Waals surface area contributed by atoms with Gasteiger partial charge in [-0.1, -0.05) is 0 Å². The zero-order valence-electron chi connectivity index (χ0n) is 9.88. The van der Waals surface area contributed by atoms with E-state index in [9.17, 15) is 17.6 Å². The van der Waals surface area contributed by atoms with Crippen molar-refractivity contribution in [3.63, 3.8) is 0 Å². The van der Waals surface area contributed by atoms with Crippen molar-refractivity contribution in [3.05, 3.63) is 11.9 Å². The molecule has 18 heavy (non-hydrogen) atoms. The maximum atomic E-state index is 12.7. The zero-order valence-corrected chi connectivity index (χ0v) is 9.88. The first kappa shape index (κ1) is 14.5. The molecule has 0 amide bonds. The van der Waals surface area contributed by atoms with Crippen LogP contribution in [0, 0.1) is 6.92 Å². The minimum atomic E-state index is -4.11. The zero-order chi connectivity index (χ0) is 13.8. The van der Waals surface area contributed by atoms with E-state index in [0.717, 1.165) is 0 Å². The van der Waals surface area contributed by atoms with Crippen LogP contribution < -0.4 is 10.1 Å². The summed E-state index contributed by atoms with van der Waals surface area (Å²) in [6.45, 7) is 2.42. The molecule has 1 rings (SSSR count). The van der Waals surface area contributed by atoms with Crippen molar-refractivity contribution in [3.8, 4) is 5.88 Å². The molecule has 0 saturated carbocycles. The molecule has 0 aliphatic rings. The summed E-state index contributed by atoms with van der Waals surface area (Å²) in [6.07, 6.45) is -3.72. The van der Waals surface area contributed by atoms with Crippen LogP contribution in [0.5, 0.6) is 5.88 Å². The van der Waals surface area contributed by atoms with Crippen LogP contribution in [0.1, 0.15) is 12.7 Å². The lowest BCUT2D eigenvalue weighted by Crippen LogP contribution is -2.35. The minimum absolute atomic E-state index is 0.0197. The fourth-order valence-electron chi connectivity index (χ4n) is 1.14. The van der Waals surface area contributed by atoms with Crippen LogP contribution in [0.15, 0.2) is 6.07 Å². The molecule has 0 aromatic carbocycles. The third-order valence-electron chi connectivity index (χ3n) is 1.93. The first-order valence-electron chi connectivity index (χ1n) is 5.23. The van der Waals surface area contributed by atoms with Crippen LogP contribution in [0.25, 0.3) is 0 Å². The highest BCUT2D eigenvalue weighted by atomic mass is 19.3. The quantitative estimate of drug-likeness (QED) is 0.804. The molecule has 0 spiro atoms. The van der Waals surface area contributed by atoms with Gasteiger partial charge in [-0.2, -0.15) is 13.8 Å². The number of anilines is 1. The van der Waals surface area contributed by atoms with Crippen molar-refractivity contribution >= 4 is 5.82 Å². The van der Waals surface area contributed by atoms with Crippen molar-refractivity contribution in [2.24, 2.45) is 0 Å². The van der Waals surface area contributed by atoms with E-state index in [0.29, 0.717) is 12.4 Å². The maximum Gasteiger partial charge on any atom is 0.324 e. The fourth-order valence-corrected chi connectivity index (χ4v) is 1.14. The van der Waals surface area contributed by atoms with E-state index >= 15 is 0 Å². The summed E-state index contributed by atoms with van der Waals surface area (Å²) >= 11 is 0. The van der Waals surface area contributed by atoms with Gasteiger partial charge >= 0.3 is 12.3 Å². The molecule has 0 fully saturated rings. The monoisotopic (exact) mass is 267 g/mol. The molecule has 0 aliphatic heterocycles. The molecule has 0 radical (unpaired) electrons. The second kappa shape index (κ2) is 5.83. The van der Waals surface area contributed by atoms with Crippen molar-refractivity contribution in [2.75, 3.05) is 18.5 Å². The summed E-state index contributed by atoms with van der Waals surface area (Å²) in [7, 11) is 0. The van der Waals surface area contributed by atoms with Gasteiger partial charge in [-0.05, 0) is 13.8 Å². The number of halogens is 4. The van der Waals surface area contributed by atoms with Crippen LogP contribution in [0.3, 0.4) is 0 Å². The molecule has 0 atom stereocenters. The Morgan fingerprint density at radius 3 is 2.61 bits per heavy atom. The number of aromatic nitrogens is 2. The first-order chi connectivity index (χ1) is 8.35. The third kappa shape index (κ3) is 4.01. The Balaban J connectivity index is 2.73. The normalized spacial score (nSPS) is 11.7. The van der Waals surface area contributed by atoms with E-state index in [4.69, 9.17) is 4.74 Å². The highest BCUT2D eigenvalue weighted by molar-refractivity contribution is 5.38. The third-order valence-corrected chi connectivity index (χ3v) is 1.93. The molecule has 0 aliphatic carbocycles. The number of alkyl halides is 4.